The van der Waals surface area contributed by atoms with Gasteiger partial charge in [0, 0.05) is 11.6 Å². The van der Waals surface area contributed by atoms with E-state index < -0.39 is 12.4 Å². The van der Waals surface area contributed by atoms with Crippen molar-refractivity contribution in [1.29, 1.82) is 0 Å². The first-order valence-corrected chi connectivity index (χ1v) is 6.45. The number of rotatable bonds is 4. The van der Waals surface area contributed by atoms with Gasteiger partial charge in [0.25, 0.3) is 6.43 Å². The number of esters is 1. The second-order valence-corrected chi connectivity index (χ2v) is 4.69. The van der Waals surface area contributed by atoms with E-state index in [1.54, 1.807) is 6.92 Å². The van der Waals surface area contributed by atoms with Crippen LogP contribution in [-0.4, -0.2) is 27.2 Å². The fourth-order valence-corrected chi connectivity index (χ4v) is 2.14. The summed E-state index contributed by atoms with van der Waals surface area (Å²) >= 11 is 0. The van der Waals surface area contributed by atoms with Crippen molar-refractivity contribution in [3.05, 3.63) is 29.2 Å². The van der Waals surface area contributed by atoms with Gasteiger partial charge in [0.15, 0.2) is 5.65 Å². The lowest BCUT2D eigenvalue weighted by molar-refractivity contribution is 0.0528. The van der Waals surface area contributed by atoms with Crippen LogP contribution in [0.2, 0.25) is 0 Å². The smallest absolute Gasteiger partial charge is 0.343 e. The maximum Gasteiger partial charge on any atom is 0.343 e. The van der Waals surface area contributed by atoms with Crippen LogP contribution >= 0.6 is 0 Å². The first kappa shape index (κ1) is 13.0. The van der Waals surface area contributed by atoms with Crippen molar-refractivity contribution in [3.63, 3.8) is 0 Å². The van der Waals surface area contributed by atoms with E-state index in [9.17, 15) is 13.6 Å². The molecule has 0 unspecified atom stereocenters. The van der Waals surface area contributed by atoms with Crippen molar-refractivity contribution >= 4 is 11.6 Å². The molecule has 2 aromatic heterocycles. The van der Waals surface area contributed by atoms with Gasteiger partial charge in [-0.1, -0.05) is 0 Å². The third-order valence-corrected chi connectivity index (χ3v) is 3.23. The van der Waals surface area contributed by atoms with Crippen molar-refractivity contribution in [2.24, 2.45) is 0 Å². The maximum atomic E-state index is 12.9. The summed E-state index contributed by atoms with van der Waals surface area (Å²) in [5.74, 6) is -0.379. The highest BCUT2D eigenvalue weighted by molar-refractivity contribution is 5.95. The molecule has 7 heteroatoms. The minimum atomic E-state index is -2.68. The molecule has 0 spiro atoms. The molecular weight excluding hydrogens is 268 g/mol. The van der Waals surface area contributed by atoms with Crippen molar-refractivity contribution in [2.75, 3.05) is 6.61 Å². The Labute approximate surface area is 113 Å². The fourth-order valence-electron chi connectivity index (χ4n) is 2.14. The van der Waals surface area contributed by atoms with Crippen molar-refractivity contribution in [3.8, 4) is 0 Å². The van der Waals surface area contributed by atoms with Crippen molar-refractivity contribution in [1.82, 2.24) is 14.6 Å². The van der Waals surface area contributed by atoms with E-state index in [1.165, 1.54) is 16.8 Å². The number of carbonyl (C=O) groups excluding carboxylic acids is 1. The van der Waals surface area contributed by atoms with Crippen LogP contribution in [0.15, 0.2) is 12.3 Å². The summed E-state index contributed by atoms with van der Waals surface area (Å²) in [6.45, 7) is 1.89. The molecule has 1 saturated carbocycles. The van der Waals surface area contributed by atoms with E-state index in [-0.39, 0.29) is 29.4 Å². The topological polar surface area (TPSA) is 56.5 Å². The molecule has 1 aliphatic carbocycles. The minimum absolute atomic E-state index is 0.122. The molecule has 3 rings (SSSR count). The monoisotopic (exact) mass is 281 g/mol. The van der Waals surface area contributed by atoms with E-state index in [4.69, 9.17) is 4.74 Å². The number of aromatic nitrogens is 3. The van der Waals surface area contributed by atoms with E-state index >= 15 is 0 Å². The largest absolute Gasteiger partial charge is 0.462 e. The van der Waals surface area contributed by atoms with Crippen molar-refractivity contribution < 1.29 is 18.3 Å². The maximum absolute atomic E-state index is 12.9. The predicted octanol–water partition coefficient (Wildman–Crippen LogP) is 2.72. The zero-order chi connectivity index (χ0) is 14.3. The average molecular weight is 281 g/mol. The highest BCUT2D eigenvalue weighted by atomic mass is 19.3. The Hall–Kier alpha value is -2.05. The lowest BCUT2D eigenvalue weighted by Crippen LogP contribution is -2.07. The number of nitrogens with zero attached hydrogens (tertiary/aromatic N) is 3. The summed E-state index contributed by atoms with van der Waals surface area (Å²) in [5, 5.41) is 4.09. The molecule has 20 heavy (non-hydrogen) atoms. The van der Waals surface area contributed by atoms with E-state index in [2.05, 4.69) is 10.1 Å². The molecule has 0 saturated heterocycles. The van der Waals surface area contributed by atoms with E-state index in [0.29, 0.717) is 5.69 Å². The first-order chi connectivity index (χ1) is 9.61. The van der Waals surface area contributed by atoms with Gasteiger partial charge >= 0.3 is 5.97 Å². The molecule has 5 nitrogen and oxygen atoms in total. The Morgan fingerprint density at radius 2 is 2.30 bits per heavy atom. The van der Waals surface area contributed by atoms with E-state index in [1.807, 2.05) is 0 Å². The van der Waals surface area contributed by atoms with Crippen LogP contribution in [0.25, 0.3) is 5.65 Å². The molecular formula is C13H13F2N3O2. The Balaban J connectivity index is 2.17. The van der Waals surface area contributed by atoms with Crippen LogP contribution in [-0.2, 0) is 4.74 Å². The van der Waals surface area contributed by atoms with Crippen molar-refractivity contribution in [2.45, 2.75) is 32.1 Å². The molecule has 106 valence electrons. The highest BCUT2D eigenvalue weighted by Crippen LogP contribution is 2.41. The second kappa shape index (κ2) is 4.81. The number of ether oxygens (including phenoxy) is 1. The van der Waals surface area contributed by atoms with Gasteiger partial charge in [0.2, 0.25) is 0 Å². The van der Waals surface area contributed by atoms with Crippen LogP contribution in [0.3, 0.4) is 0 Å². The molecule has 0 N–H and O–H groups in total. The van der Waals surface area contributed by atoms with Gasteiger partial charge in [-0.2, -0.15) is 5.10 Å². The van der Waals surface area contributed by atoms with Gasteiger partial charge in [0.1, 0.15) is 11.3 Å². The van der Waals surface area contributed by atoms with Gasteiger partial charge in [-0.3, -0.25) is 0 Å². The van der Waals surface area contributed by atoms with Gasteiger partial charge in [-0.05, 0) is 25.8 Å². The van der Waals surface area contributed by atoms with Gasteiger partial charge in [-0.25, -0.2) is 23.1 Å². The Bertz CT molecular complexity index is 665. The summed E-state index contributed by atoms with van der Waals surface area (Å²) in [7, 11) is 0. The van der Waals surface area contributed by atoms with Crippen LogP contribution in [0, 0.1) is 0 Å². The SMILES string of the molecule is CCOC(=O)c1cnn2c(C3CC3)cc(C(F)F)nc12. The molecule has 2 heterocycles. The summed E-state index contributed by atoms with van der Waals surface area (Å²) in [6, 6.07) is 1.37. The molecule has 0 amide bonds. The first-order valence-electron chi connectivity index (χ1n) is 6.45. The number of hydrogen-bond donors (Lipinski definition) is 0. The zero-order valence-electron chi connectivity index (χ0n) is 10.8. The summed E-state index contributed by atoms with van der Waals surface area (Å²) in [4.78, 5) is 15.7. The standard InChI is InChI=1S/C13H13F2N3O2/c1-2-20-13(19)8-6-16-18-10(7-3-4-7)5-9(11(14)15)17-12(8)18/h5-7,11H,2-4H2,1H3. The van der Waals surface area contributed by atoms with Crippen LogP contribution in [0.4, 0.5) is 8.78 Å². The number of hydrogen-bond acceptors (Lipinski definition) is 4. The lowest BCUT2D eigenvalue weighted by atomic mass is 10.2. The normalized spacial score (nSPS) is 15.0. The van der Waals surface area contributed by atoms with Gasteiger partial charge in [-0.15, -0.1) is 0 Å². The third-order valence-electron chi connectivity index (χ3n) is 3.23. The Morgan fingerprint density at radius 1 is 1.55 bits per heavy atom. The van der Waals surface area contributed by atoms with Crippen LogP contribution in [0.1, 0.15) is 53.9 Å². The molecule has 0 atom stereocenters. The van der Waals surface area contributed by atoms with Crippen LogP contribution in [0.5, 0.6) is 0 Å². The molecule has 1 fully saturated rings. The quantitative estimate of drug-likeness (QED) is 0.808. The highest BCUT2D eigenvalue weighted by Gasteiger charge is 2.30. The molecule has 0 aromatic carbocycles. The van der Waals surface area contributed by atoms with E-state index in [0.717, 1.165) is 12.8 Å². The summed E-state index contributed by atoms with van der Waals surface area (Å²) in [6.07, 6.45) is 0.524. The average Bonchev–Trinajstić information content (AvgIpc) is 3.16. The minimum Gasteiger partial charge on any atom is -0.462 e. The Morgan fingerprint density at radius 3 is 2.90 bits per heavy atom. The number of halogens is 2. The fraction of sp³-hybridized carbons (Fsp3) is 0.462. The predicted molar refractivity (Wildman–Crippen MR) is 65.9 cm³/mol. The zero-order valence-corrected chi connectivity index (χ0v) is 10.8. The second-order valence-electron chi connectivity index (χ2n) is 4.69. The number of carbonyl (C=O) groups is 1. The van der Waals surface area contributed by atoms with Gasteiger partial charge < -0.3 is 4.74 Å². The summed E-state index contributed by atoms with van der Waals surface area (Å²) in [5.41, 5.74) is 0.616. The molecule has 0 radical (unpaired) electrons. The lowest BCUT2D eigenvalue weighted by Gasteiger charge is -2.07. The molecule has 0 bridgehead atoms. The molecule has 1 aliphatic rings. The van der Waals surface area contributed by atoms with Crippen LogP contribution < -0.4 is 0 Å². The molecule has 2 aromatic rings. The number of fused-ring (bicyclic) bond motifs is 1. The third kappa shape index (κ3) is 2.13. The Kier molecular flexibility index (Phi) is 3.11. The molecule has 0 aliphatic heterocycles. The summed E-state index contributed by atoms with van der Waals surface area (Å²) < 4.78 is 32.2. The van der Waals surface area contributed by atoms with Gasteiger partial charge in [0.05, 0.1) is 12.8 Å². The number of alkyl halides is 2.